The van der Waals surface area contributed by atoms with Gasteiger partial charge in [-0.2, -0.15) is 0 Å². The number of furan rings is 1. The van der Waals surface area contributed by atoms with Crippen molar-refractivity contribution in [3.8, 4) is 22.3 Å². The summed E-state index contributed by atoms with van der Waals surface area (Å²) in [6.07, 6.45) is 13.0. The van der Waals surface area contributed by atoms with Crippen LogP contribution in [0.1, 0.15) is 55.0 Å². The number of fused-ring (bicyclic) bond motifs is 7. The zero-order chi connectivity index (χ0) is 47.5. The van der Waals surface area contributed by atoms with Crippen LogP contribution in [-0.2, 0) is 5.41 Å². The molecule has 0 unspecified atom stereocenters. The molecule has 334 valence electrons. The first-order chi connectivity index (χ1) is 33.9. The Morgan fingerprint density at radius 3 is 1.83 bits per heavy atom. The molecule has 0 spiro atoms. The molecule has 69 heavy (non-hydrogen) atoms. The van der Waals surface area contributed by atoms with Crippen molar-refractivity contribution in [2.75, 3.05) is 4.90 Å². The summed E-state index contributed by atoms with van der Waals surface area (Å²) < 4.78 is 6.87. The third-order valence-corrected chi connectivity index (χ3v) is 13.7. The summed E-state index contributed by atoms with van der Waals surface area (Å²) in [4.78, 5) is 2.40. The Kier molecular flexibility index (Phi) is 12.2. The van der Waals surface area contributed by atoms with Crippen LogP contribution in [0.15, 0.2) is 277 Å². The van der Waals surface area contributed by atoms with Crippen molar-refractivity contribution in [1.29, 1.82) is 0 Å². The average molecular weight is 890 g/mol. The third-order valence-electron chi connectivity index (χ3n) is 13.7. The third kappa shape index (κ3) is 7.74. The van der Waals surface area contributed by atoms with E-state index in [4.69, 9.17) is 4.42 Å². The van der Waals surface area contributed by atoms with Crippen molar-refractivity contribution >= 4 is 44.6 Å². The Balaban J connectivity index is 0.00000180. The molecular formula is C67H55NO. The summed E-state index contributed by atoms with van der Waals surface area (Å²) in [5.74, 6) is 0. The van der Waals surface area contributed by atoms with Crippen LogP contribution in [0.25, 0.3) is 49.8 Å². The summed E-state index contributed by atoms with van der Waals surface area (Å²) in [5.41, 5.74) is 21.1. The van der Waals surface area contributed by atoms with E-state index in [2.05, 4.69) is 251 Å². The van der Waals surface area contributed by atoms with Gasteiger partial charge in [0.05, 0.1) is 5.41 Å². The molecule has 0 N–H and O–H groups in total. The molecule has 2 aliphatic rings. The summed E-state index contributed by atoms with van der Waals surface area (Å²) in [5, 5.41) is 2.25. The first-order valence-electron chi connectivity index (χ1n) is 23.8. The summed E-state index contributed by atoms with van der Waals surface area (Å²) >= 11 is 0. The minimum atomic E-state index is -0.633. The van der Waals surface area contributed by atoms with Crippen LogP contribution < -0.4 is 4.90 Å². The van der Waals surface area contributed by atoms with E-state index in [-0.39, 0.29) is 0 Å². The van der Waals surface area contributed by atoms with Crippen LogP contribution in [0.3, 0.4) is 0 Å². The highest BCUT2D eigenvalue weighted by atomic mass is 16.3. The SMILES string of the molecule is C=C/C=C\C1=C(C)C(=C)/C(=C(\C=C/C)c2ccc(N(c3ccc(-c4ccccc4)cc3)c3ccc4c(c3)C(c3ccccc3)(c3ccccc3)c3ccc5c(oc6ccccc65)c3-4)cc2)C1.C=CC. The number of hydrogen-bond acceptors (Lipinski definition) is 2. The Morgan fingerprint density at radius 1 is 0.609 bits per heavy atom. The first-order valence-corrected chi connectivity index (χ1v) is 23.8. The van der Waals surface area contributed by atoms with Crippen LogP contribution in [0.5, 0.6) is 0 Å². The van der Waals surface area contributed by atoms with E-state index in [1.165, 1.54) is 61.2 Å². The van der Waals surface area contributed by atoms with Crippen molar-refractivity contribution in [1.82, 2.24) is 0 Å². The molecule has 1 aromatic heterocycles. The molecule has 0 bridgehead atoms. The fourth-order valence-electron chi connectivity index (χ4n) is 10.6. The minimum absolute atomic E-state index is 0.633. The van der Waals surface area contributed by atoms with E-state index < -0.39 is 5.41 Å². The van der Waals surface area contributed by atoms with Gasteiger partial charge in [-0.15, -0.1) is 6.58 Å². The van der Waals surface area contributed by atoms with Gasteiger partial charge in [-0.3, -0.25) is 0 Å². The number of benzene rings is 8. The molecule has 8 aromatic carbocycles. The second-order valence-electron chi connectivity index (χ2n) is 17.7. The first kappa shape index (κ1) is 44.4. The largest absolute Gasteiger partial charge is 0.455 e. The molecule has 0 radical (unpaired) electrons. The average Bonchev–Trinajstić information content (AvgIpc) is 4.03. The lowest BCUT2D eigenvalue weighted by molar-refractivity contribution is 0.669. The lowest BCUT2D eigenvalue weighted by Gasteiger charge is -2.35. The fourth-order valence-corrected chi connectivity index (χ4v) is 10.6. The van der Waals surface area contributed by atoms with Crippen molar-refractivity contribution < 1.29 is 4.42 Å². The smallest absolute Gasteiger partial charge is 0.143 e. The number of rotatable bonds is 10. The quantitative estimate of drug-likeness (QED) is 0.100. The van der Waals surface area contributed by atoms with Crippen molar-refractivity contribution in [3.63, 3.8) is 0 Å². The van der Waals surface area contributed by atoms with Gasteiger partial charge in [-0.1, -0.05) is 201 Å². The van der Waals surface area contributed by atoms with Crippen LogP contribution >= 0.6 is 0 Å². The van der Waals surface area contributed by atoms with Crippen LogP contribution in [0, 0.1) is 0 Å². The number of hydrogen-bond donors (Lipinski definition) is 0. The molecule has 2 heteroatoms. The molecule has 0 saturated carbocycles. The van der Waals surface area contributed by atoms with Gasteiger partial charge in [0.1, 0.15) is 11.2 Å². The number of para-hydroxylation sites is 1. The summed E-state index contributed by atoms with van der Waals surface area (Å²) in [6, 6.07) is 70.7. The molecule has 9 aromatic rings. The maximum Gasteiger partial charge on any atom is 0.143 e. The number of anilines is 3. The zero-order valence-electron chi connectivity index (χ0n) is 39.6. The van der Waals surface area contributed by atoms with Crippen molar-refractivity contribution in [2.24, 2.45) is 0 Å². The molecule has 0 saturated heterocycles. The van der Waals surface area contributed by atoms with Crippen LogP contribution in [-0.4, -0.2) is 0 Å². The Bertz CT molecular complexity index is 3470. The summed E-state index contributed by atoms with van der Waals surface area (Å²) in [7, 11) is 0. The van der Waals surface area contributed by atoms with Gasteiger partial charge in [-0.05, 0) is 142 Å². The lowest BCUT2D eigenvalue weighted by Crippen LogP contribution is -2.28. The number of nitrogens with zero attached hydrogens (tertiary/aromatic N) is 1. The van der Waals surface area contributed by atoms with Gasteiger partial charge < -0.3 is 9.32 Å². The van der Waals surface area contributed by atoms with Crippen molar-refractivity contribution in [2.45, 2.75) is 32.6 Å². The molecular weight excluding hydrogens is 835 g/mol. The monoisotopic (exact) mass is 889 g/mol. The van der Waals surface area contributed by atoms with E-state index in [0.717, 1.165) is 62.1 Å². The zero-order valence-corrected chi connectivity index (χ0v) is 39.6. The highest BCUT2D eigenvalue weighted by Gasteiger charge is 2.48. The molecule has 0 aliphatic heterocycles. The normalized spacial score (nSPS) is 14.5. The molecule has 2 aliphatic carbocycles. The highest BCUT2D eigenvalue weighted by Crippen LogP contribution is 2.59. The molecule has 0 atom stereocenters. The van der Waals surface area contributed by atoms with E-state index in [1.807, 2.05) is 19.1 Å². The summed E-state index contributed by atoms with van der Waals surface area (Å²) in [6.45, 7) is 18.0. The van der Waals surface area contributed by atoms with E-state index in [1.54, 1.807) is 6.08 Å². The highest BCUT2D eigenvalue weighted by molar-refractivity contribution is 6.12. The van der Waals surface area contributed by atoms with Gasteiger partial charge in [-0.25, -0.2) is 0 Å². The molecule has 1 heterocycles. The Hall–Kier alpha value is -8.46. The van der Waals surface area contributed by atoms with Gasteiger partial charge >= 0.3 is 0 Å². The van der Waals surface area contributed by atoms with Gasteiger partial charge in [0.25, 0.3) is 0 Å². The van der Waals surface area contributed by atoms with Gasteiger partial charge in [0, 0.05) is 33.4 Å². The predicted molar refractivity (Wildman–Crippen MR) is 295 cm³/mol. The van der Waals surface area contributed by atoms with Gasteiger partial charge in [0.15, 0.2) is 0 Å². The lowest BCUT2D eigenvalue weighted by atomic mass is 9.67. The minimum Gasteiger partial charge on any atom is -0.455 e. The van der Waals surface area contributed by atoms with E-state index in [9.17, 15) is 0 Å². The van der Waals surface area contributed by atoms with Crippen molar-refractivity contribution in [3.05, 3.63) is 300 Å². The topological polar surface area (TPSA) is 16.4 Å². The second-order valence-corrected chi connectivity index (χ2v) is 17.7. The standard InChI is InChI=1S/C64H49NO.C3H6/c1-5-7-20-48-41-58(44(4)43(48)3)54(19-6-2)47-31-35-52(36-32-47)65(51-33-29-46(30-34-51)45-21-11-8-12-22-45)53-37-38-57-60(42-53)64(49-23-13-9-14-24-49,50-25-15-10-16-26-50)59-40-39-56-55-27-17-18-28-61(55)66-63(56)62(57)59;1-3-2/h5-40,42H,1,4,41H2,2-3H3;3H,1H2,2H3/b19-6-,20-7-,58-54+;. The van der Waals surface area contributed by atoms with E-state index >= 15 is 0 Å². The number of allylic oxidation sites excluding steroid dienone is 11. The fraction of sp³-hybridized carbons (Fsp3) is 0.0746. The van der Waals surface area contributed by atoms with E-state index in [0.29, 0.717) is 0 Å². The Labute approximate surface area is 407 Å². The van der Waals surface area contributed by atoms with Crippen LogP contribution in [0.2, 0.25) is 0 Å². The molecule has 11 rings (SSSR count). The van der Waals surface area contributed by atoms with Crippen LogP contribution in [0.4, 0.5) is 17.1 Å². The maximum absolute atomic E-state index is 6.87. The molecule has 2 nitrogen and oxygen atoms in total. The predicted octanol–water partition coefficient (Wildman–Crippen LogP) is 18.6. The van der Waals surface area contributed by atoms with Gasteiger partial charge in [0.2, 0.25) is 0 Å². The Morgan fingerprint density at radius 2 is 1.19 bits per heavy atom. The molecule has 0 fully saturated rings. The molecule has 0 amide bonds. The second kappa shape index (κ2) is 19.0. The maximum atomic E-state index is 6.87.